The van der Waals surface area contributed by atoms with Crippen LogP contribution in [-0.4, -0.2) is 37.0 Å². The summed E-state index contributed by atoms with van der Waals surface area (Å²) in [6.07, 6.45) is 11.4. The monoisotopic (exact) mass is 236 g/mol. The molecule has 0 aliphatic heterocycles. The van der Waals surface area contributed by atoms with Crippen LogP contribution in [0.4, 0.5) is 0 Å². The van der Waals surface area contributed by atoms with Gasteiger partial charge in [0.2, 0.25) is 5.91 Å². The number of amides is 1. The molecule has 0 bridgehead atoms. The van der Waals surface area contributed by atoms with E-state index in [0.717, 1.165) is 5.92 Å². The standard InChI is InChI=1S/C14H24N2O/c1-4-10-15-14(17)11-16(3)13-8-6-12(5-2)7-9-13/h1,12-13H,5-11H2,2-3H3,(H,15,17). The lowest BCUT2D eigenvalue weighted by atomic mass is 9.84. The Kier molecular flexibility index (Phi) is 6.07. The number of nitrogens with one attached hydrogen (secondary N) is 1. The van der Waals surface area contributed by atoms with Crippen LogP contribution in [0, 0.1) is 18.3 Å². The van der Waals surface area contributed by atoms with E-state index in [2.05, 4.69) is 23.1 Å². The number of carbonyl (C=O) groups excluding carboxylic acids is 1. The molecule has 0 spiro atoms. The molecule has 96 valence electrons. The van der Waals surface area contributed by atoms with Gasteiger partial charge in [-0.15, -0.1) is 6.42 Å². The Morgan fingerprint density at radius 3 is 2.59 bits per heavy atom. The summed E-state index contributed by atoms with van der Waals surface area (Å²) >= 11 is 0. The van der Waals surface area contributed by atoms with Gasteiger partial charge in [0.25, 0.3) is 0 Å². The number of likely N-dealkylation sites (N-methyl/N-ethyl adjacent to an activating group) is 1. The molecular formula is C14H24N2O. The van der Waals surface area contributed by atoms with Gasteiger partial charge in [-0.25, -0.2) is 0 Å². The smallest absolute Gasteiger partial charge is 0.234 e. The summed E-state index contributed by atoms with van der Waals surface area (Å²) in [5.41, 5.74) is 0. The summed E-state index contributed by atoms with van der Waals surface area (Å²) in [5, 5.41) is 2.71. The summed E-state index contributed by atoms with van der Waals surface area (Å²) in [7, 11) is 2.03. The van der Waals surface area contributed by atoms with Crippen molar-refractivity contribution in [1.29, 1.82) is 0 Å². The fourth-order valence-electron chi connectivity index (χ4n) is 2.56. The van der Waals surface area contributed by atoms with Gasteiger partial charge in [-0.2, -0.15) is 0 Å². The van der Waals surface area contributed by atoms with Crippen molar-refractivity contribution in [3.05, 3.63) is 0 Å². The van der Waals surface area contributed by atoms with Gasteiger partial charge in [0.05, 0.1) is 13.1 Å². The van der Waals surface area contributed by atoms with Crippen molar-refractivity contribution >= 4 is 5.91 Å². The van der Waals surface area contributed by atoms with Gasteiger partial charge in [0.15, 0.2) is 0 Å². The highest BCUT2D eigenvalue weighted by Crippen LogP contribution is 2.28. The van der Waals surface area contributed by atoms with Crippen LogP contribution >= 0.6 is 0 Å². The van der Waals surface area contributed by atoms with Crippen LogP contribution in [0.3, 0.4) is 0 Å². The maximum absolute atomic E-state index is 11.5. The third-order valence-electron chi connectivity index (χ3n) is 3.80. The summed E-state index contributed by atoms with van der Waals surface area (Å²) in [6.45, 7) is 3.06. The van der Waals surface area contributed by atoms with Gasteiger partial charge >= 0.3 is 0 Å². The van der Waals surface area contributed by atoms with E-state index < -0.39 is 0 Å². The average Bonchev–Trinajstić information content (AvgIpc) is 2.36. The summed E-state index contributed by atoms with van der Waals surface area (Å²) in [5.74, 6) is 3.34. The molecule has 1 rings (SSSR count). The molecule has 0 aromatic heterocycles. The van der Waals surface area contributed by atoms with Crippen molar-refractivity contribution in [1.82, 2.24) is 10.2 Å². The summed E-state index contributed by atoms with van der Waals surface area (Å²) in [4.78, 5) is 13.7. The van der Waals surface area contributed by atoms with Crippen LogP contribution in [0.2, 0.25) is 0 Å². The molecule has 3 nitrogen and oxygen atoms in total. The van der Waals surface area contributed by atoms with E-state index in [1.54, 1.807) is 0 Å². The Morgan fingerprint density at radius 1 is 1.41 bits per heavy atom. The Hall–Kier alpha value is -1.01. The lowest BCUT2D eigenvalue weighted by Gasteiger charge is -2.34. The predicted octanol–water partition coefficient (Wildman–Crippen LogP) is 1.64. The molecule has 0 atom stereocenters. The molecule has 1 amide bonds. The minimum absolute atomic E-state index is 0.0306. The lowest BCUT2D eigenvalue weighted by molar-refractivity contribution is -0.122. The molecule has 1 aliphatic rings. The number of carbonyl (C=O) groups is 1. The van der Waals surface area contributed by atoms with Gasteiger partial charge in [-0.05, 0) is 38.6 Å². The quantitative estimate of drug-likeness (QED) is 0.736. The van der Waals surface area contributed by atoms with Gasteiger partial charge in [-0.1, -0.05) is 19.3 Å². The van der Waals surface area contributed by atoms with E-state index in [9.17, 15) is 4.79 Å². The molecule has 3 heteroatoms. The summed E-state index contributed by atoms with van der Waals surface area (Å²) in [6, 6.07) is 0.564. The van der Waals surface area contributed by atoms with Crippen LogP contribution in [-0.2, 0) is 4.79 Å². The molecule has 1 aliphatic carbocycles. The predicted molar refractivity (Wildman–Crippen MR) is 70.5 cm³/mol. The fraction of sp³-hybridized carbons (Fsp3) is 0.786. The van der Waals surface area contributed by atoms with Gasteiger partial charge in [0, 0.05) is 6.04 Å². The number of nitrogens with zero attached hydrogens (tertiary/aromatic N) is 1. The second kappa shape index (κ2) is 7.34. The molecule has 17 heavy (non-hydrogen) atoms. The Bertz CT molecular complexity index is 274. The topological polar surface area (TPSA) is 32.3 Å². The Balaban J connectivity index is 2.26. The van der Waals surface area contributed by atoms with Crippen LogP contribution in [0.5, 0.6) is 0 Å². The number of terminal acetylenes is 1. The first kappa shape index (κ1) is 14.1. The minimum Gasteiger partial charge on any atom is -0.344 e. The van der Waals surface area contributed by atoms with Crippen molar-refractivity contribution < 1.29 is 4.79 Å². The number of rotatable bonds is 5. The van der Waals surface area contributed by atoms with Crippen molar-refractivity contribution in [2.75, 3.05) is 20.1 Å². The van der Waals surface area contributed by atoms with Crippen LogP contribution < -0.4 is 5.32 Å². The first-order chi connectivity index (χ1) is 8.17. The van der Waals surface area contributed by atoms with Crippen LogP contribution in [0.15, 0.2) is 0 Å². The Labute approximate surface area is 105 Å². The molecular weight excluding hydrogens is 212 g/mol. The molecule has 0 radical (unpaired) electrons. The van der Waals surface area contributed by atoms with Crippen molar-refractivity contribution in [2.45, 2.75) is 45.1 Å². The second-order valence-electron chi connectivity index (χ2n) is 4.98. The zero-order valence-electron chi connectivity index (χ0n) is 11.0. The summed E-state index contributed by atoms with van der Waals surface area (Å²) < 4.78 is 0. The first-order valence-electron chi connectivity index (χ1n) is 6.57. The van der Waals surface area contributed by atoms with Crippen LogP contribution in [0.25, 0.3) is 0 Å². The molecule has 0 heterocycles. The van der Waals surface area contributed by atoms with E-state index in [1.165, 1.54) is 32.1 Å². The maximum Gasteiger partial charge on any atom is 0.234 e. The first-order valence-corrected chi connectivity index (χ1v) is 6.57. The maximum atomic E-state index is 11.5. The highest BCUT2D eigenvalue weighted by molar-refractivity contribution is 5.78. The van der Waals surface area contributed by atoms with Crippen molar-refractivity contribution in [3.63, 3.8) is 0 Å². The zero-order valence-corrected chi connectivity index (χ0v) is 11.0. The van der Waals surface area contributed by atoms with E-state index >= 15 is 0 Å². The lowest BCUT2D eigenvalue weighted by Crippen LogP contribution is -2.42. The zero-order chi connectivity index (χ0) is 12.7. The third-order valence-corrected chi connectivity index (χ3v) is 3.80. The second-order valence-corrected chi connectivity index (χ2v) is 4.98. The van der Waals surface area contributed by atoms with E-state index in [-0.39, 0.29) is 5.91 Å². The fourth-order valence-corrected chi connectivity index (χ4v) is 2.56. The Morgan fingerprint density at radius 2 is 2.06 bits per heavy atom. The van der Waals surface area contributed by atoms with Gasteiger partial charge in [0.1, 0.15) is 0 Å². The van der Waals surface area contributed by atoms with Gasteiger partial charge in [-0.3, -0.25) is 9.69 Å². The molecule has 1 fully saturated rings. The SMILES string of the molecule is C#CCNC(=O)CN(C)C1CCC(CC)CC1. The highest BCUT2D eigenvalue weighted by Gasteiger charge is 2.23. The molecule has 0 aromatic rings. The van der Waals surface area contributed by atoms with Crippen molar-refractivity contribution in [3.8, 4) is 12.3 Å². The van der Waals surface area contributed by atoms with E-state index in [1.807, 2.05) is 7.05 Å². The average molecular weight is 236 g/mol. The molecule has 1 saturated carbocycles. The molecule has 0 unspecified atom stereocenters. The highest BCUT2D eigenvalue weighted by atomic mass is 16.2. The molecule has 0 aromatic carbocycles. The number of hydrogen-bond acceptors (Lipinski definition) is 2. The molecule has 0 saturated heterocycles. The third kappa shape index (κ3) is 4.79. The van der Waals surface area contributed by atoms with E-state index in [4.69, 9.17) is 6.42 Å². The van der Waals surface area contributed by atoms with Crippen LogP contribution in [0.1, 0.15) is 39.0 Å². The normalized spacial score (nSPS) is 24.4. The molecule has 1 N–H and O–H groups in total. The number of hydrogen-bond donors (Lipinski definition) is 1. The van der Waals surface area contributed by atoms with Gasteiger partial charge < -0.3 is 5.32 Å². The largest absolute Gasteiger partial charge is 0.344 e. The van der Waals surface area contributed by atoms with Crippen molar-refractivity contribution in [2.24, 2.45) is 5.92 Å². The minimum atomic E-state index is 0.0306. The van der Waals surface area contributed by atoms with E-state index in [0.29, 0.717) is 19.1 Å².